The van der Waals surface area contributed by atoms with Gasteiger partial charge in [-0.3, -0.25) is 0 Å². The second kappa shape index (κ2) is 1.90. The molecule has 2 heteroatoms. The predicted molar refractivity (Wildman–Crippen MR) is 39.4 cm³/mol. The molecule has 0 aromatic rings. The van der Waals surface area contributed by atoms with E-state index in [2.05, 4.69) is 5.32 Å². The van der Waals surface area contributed by atoms with Gasteiger partial charge in [-0.2, -0.15) is 0 Å². The molecule has 0 aromatic carbocycles. The van der Waals surface area contributed by atoms with Crippen molar-refractivity contribution < 1.29 is 5.11 Å². The Balaban J connectivity index is 2.30. The van der Waals surface area contributed by atoms with Gasteiger partial charge in [0, 0.05) is 0 Å². The Morgan fingerprint density at radius 1 is 1.40 bits per heavy atom. The maximum Gasteiger partial charge on any atom is 0.102 e. The van der Waals surface area contributed by atoms with E-state index >= 15 is 0 Å². The summed E-state index contributed by atoms with van der Waals surface area (Å²) in [5.41, 5.74) is 0. The van der Waals surface area contributed by atoms with Crippen LogP contribution in [-0.4, -0.2) is 11.1 Å². The Morgan fingerprint density at radius 3 is 3.10 bits per heavy atom. The SMILES string of the molecule is OC1=CC=CC2NC=CC12. The van der Waals surface area contributed by atoms with Crippen LogP contribution in [0.3, 0.4) is 0 Å². The minimum absolute atomic E-state index is 0.171. The van der Waals surface area contributed by atoms with Crippen molar-refractivity contribution in [2.75, 3.05) is 0 Å². The summed E-state index contributed by atoms with van der Waals surface area (Å²) in [6, 6.07) is 0.282. The fourth-order valence-electron chi connectivity index (χ4n) is 1.34. The Labute approximate surface area is 59.6 Å². The molecule has 0 amide bonds. The molecule has 2 nitrogen and oxygen atoms in total. The monoisotopic (exact) mass is 135 g/mol. The Morgan fingerprint density at radius 2 is 2.30 bits per heavy atom. The largest absolute Gasteiger partial charge is 0.512 e. The lowest BCUT2D eigenvalue weighted by Gasteiger charge is -2.17. The number of nitrogens with one attached hydrogen (secondary N) is 1. The third-order valence-electron chi connectivity index (χ3n) is 1.91. The Kier molecular flexibility index (Phi) is 1.07. The van der Waals surface area contributed by atoms with Crippen molar-refractivity contribution in [2.45, 2.75) is 6.04 Å². The fourth-order valence-corrected chi connectivity index (χ4v) is 1.34. The average Bonchev–Trinajstić information content (AvgIpc) is 2.36. The lowest BCUT2D eigenvalue weighted by molar-refractivity contribution is 0.341. The molecule has 0 bridgehead atoms. The summed E-state index contributed by atoms with van der Waals surface area (Å²) in [5, 5.41) is 12.4. The van der Waals surface area contributed by atoms with E-state index in [9.17, 15) is 5.11 Å². The van der Waals surface area contributed by atoms with Crippen LogP contribution in [0.25, 0.3) is 0 Å². The van der Waals surface area contributed by atoms with E-state index in [1.807, 2.05) is 24.4 Å². The number of aliphatic hydroxyl groups excluding tert-OH is 1. The van der Waals surface area contributed by atoms with Gasteiger partial charge in [-0.1, -0.05) is 18.2 Å². The van der Waals surface area contributed by atoms with Crippen molar-refractivity contribution in [2.24, 2.45) is 5.92 Å². The molecule has 1 aliphatic carbocycles. The van der Waals surface area contributed by atoms with Crippen LogP contribution in [0.5, 0.6) is 0 Å². The maximum absolute atomic E-state index is 9.30. The summed E-state index contributed by atoms with van der Waals surface area (Å²) in [5.74, 6) is 0.624. The smallest absolute Gasteiger partial charge is 0.102 e. The molecule has 0 saturated heterocycles. The molecule has 2 unspecified atom stereocenters. The van der Waals surface area contributed by atoms with E-state index in [1.54, 1.807) is 6.08 Å². The summed E-state index contributed by atoms with van der Waals surface area (Å²) in [6.07, 6.45) is 9.51. The van der Waals surface area contributed by atoms with Crippen molar-refractivity contribution in [3.05, 3.63) is 36.3 Å². The molecule has 0 aromatic heterocycles. The minimum atomic E-state index is 0.171. The molecule has 2 atom stereocenters. The van der Waals surface area contributed by atoms with Crippen LogP contribution in [0.2, 0.25) is 0 Å². The first-order valence-electron chi connectivity index (χ1n) is 3.38. The lowest BCUT2D eigenvalue weighted by atomic mass is 9.96. The van der Waals surface area contributed by atoms with Crippen LogP contribution in [-0.2, 0) is 0 Å². The van der Waals surface area contributed by atoms with E-state index in [0.717, 1.165) is 0 Å². The van der Waals surface area contributed by atoms with E-state index in [4.69, 9.17) is 0 Å². The highest BCUT2D eigenvalue weighted by molar-refractivity contribution is 5.28. The molecular weight excluding hydrogens is 126 g/mol. The van der Waals surface area contributed by atoms with Crippen LogP contribution in [0.1, 0.15) is 0 Å². The first-order chi connectivity index (χ1) is 4.88. The highest BCUT2D eigenvalue weighted by Gasteiger charge is 2.24. The predicted octanol–water partition coefficient (Wildman–Crippen LogP) is 1.10. The molecule has 1 aliphatic heterocycles. The first-order valence-corrected chi connectivity index (χ1v) is 3.38. The Bertz CT molecular complexity index is 227. The molecular formula is C8H9NO. The number of hydrogen-bond acceptors (Lipinski definition) is 2. The summed E-state index contributed by atoms with van der Waals surface area (Å²) in [6.45, 7) is 0. The van der Waals surface area contributed by atoms with Crippen LogP contribution >= 0.6 is 0 Å². The topological polar surface area (TPSA) is 32.3 Å². The molecule has 52 valence electrons. The van der Waals surface area contributed by atoms with Crippen LogP contribution in [0.4, 0.5) is 0 Å². The second-order valence-corrected chi connectivity index (χ2v) is 2.55. The first kappa shape index (κ1) is 5.59. The molecule has 0 spiro atoms. The molecule has 0 radical (unpaired) electrons. The molecule has 2 N–H and O–H groups in total. The van der Waals surface area contributed by atoms with Crippen molar-refractivity contribution in [1.29, 1.82) is 0 Å². The summed E-state index contributed by atoms with van der Waals surface area (Å²) >= 11 is 0. The molecule has 2 aliphatic rings. The number of rotatable bonds is 0. The third-order valence-corrected chi connectivity index (χ3v) is 1.91. The zero-order valence-electron chi connectivity index (χ0n) is 5.49. The van der Waals surface area contributed by atoms with Gasteiger partial charge in [0.2, 0.25) is 0 Å². The van der Waals surface area contributed by atoms with Gasteiger partial charge in [0.15, 0.2) is 0 Å². The summed E-state index contributed by atoms with van der Waals surface area (Å²) in [4.78, 5) is 0. The molecule has 2 rings (SSSR count). The second-order valence-electron chi connectivity index (χ2n) is 2.55. The van der Waals surface area contributed by atoms with E-state index in [1.165, 1.54) is 0 Å². The van der Waals surface area contributed by atoms with Gasteiger partial charge in [0.1, 0.15) is 5.76 Å². The highest BCUT2D eigenvalue weighted by Crippen LogP contribution is 2.23. The number of allylic oxidation sites excluding steroid dienone is 2. The maximum atomic E-state index is 9.30. The van der Waals surface area contributed by atoms with Crippen LogP contribution in [0.15, 0.2) is 36.3 Å². The van der Waals surface area contributed by atoms with E-state index in [0.29, 0.717) is 5.76 Å². The molecule has 10 heavy (non-hydrogen) atoms. The van der Waals surface area contributed by atoms with Gasteiger partial charge >= 0.3 is 0 Å². The van der Waals surface area contributed by atoms with Crippen molar-refractivity contribution in [1.82, 2.24) is 5.32 Å². The van der Waals surface area contributed by atoms with Gasteiger partial charge in [-0.05, 0) is 12.3 Å². The summed E-state index contributed by atoms with van der Waals surface area (Å²) in [7, 11) is 0. The highest BCUT2D eigenvalue weighted by atomic mass is 16.3. The number of aliphatic hydroxyl groups is 1. The molecule has 0 fully saturated rings. The quantitative estimate of drug-likeness (QED) is 0.521. The van der Waals surface area contributed by atoms with Crippen LogP contribution in [0, 0.1) is 5.92 Å². The van der Waals surface area contributed by atoms with Crippen molar-refractivity contribution >= 4 is 0 Å². The van der Waals surface area contributed by atoms with Gasteiger partial charge in [-0.15, -0.1) is 0 Å². The lowest BCUT2D eigenvalue weighted by Crippen LogP contribution is -2.26. The standard InChI is InChI=1S/C8H9NO/c10-8-3-1-2-7-6(8)4-5-9-7/h1-7,9-10H. The van der Waals surface area contributed by atoms with E-state index in [-0.39, 0.29) is 12.0 Å². The number of hydrogen-bond donors (Lipinski definition) is 2. The zero-order chi connectivity index (χ0) is 6.97. The molecule has 1 heterocycles. The average molecular weight is 135 g/mol. The minimum Gasteiger partial charge on any atom is -0.512 e. The van der Waals surface area contributed by atoms with Gasteiger partial charge in [0.05, 0.1) is 12.0 Å². The van der Waals surface area contributed by atoms with E-state index < -0.39 is 0 Å². The normalized spacial score (nSPS) is 35.0. The Hall–Kier alpha value is -1.18. The third kappa shape index (κ3) is 0.652. The number of fused-ring (bicyclic) bond motifs is 1. The zero-order valence-corrected chi connectivity index (χ0v) is 5.49. The van der Waals surface area contributed by atoms with Crippen molar-refractivity contribution in [3.63, 3.8) is 0 Å². The van der Waals surface area contributed by atoms with Gasteiger partial charge < -0.3 is 10.4 Å². The van der Waals surface area contributed by atoms with Gasteiger partial charge in [0.25, 0.3) is 0 Å². The van der Waals surface area contributed by atoms with Gasteiger partial charge in [-0.25, -0.2) is 0 Å². The van der Waals surface area contributed by atoms with Crippen LogP contribution < -0.4 is 5.32 Å². The molecule has 0 saturated carbocycles. The summed E-state index contributed by atoms with van der Waals surface area (Å²) < 4.78 is 0. The van der Waals surface area contributed by atoms with Crippen molar-refractivity contribution in [3.8, 4) is 0 Å². The fraction of sp³-hybridized carbons (Fsp3) is 0.250.